The van der Waals surface area contributed by atoms with E-state index < -0.39 is 0 Å². The Morgan fingerprint density at radius 1 is 1.79 bits per heavy atom. The second kappa shape index (κ2) is 3.51. The van der Waals surface area contributed by atoms with E-state index in [9.17, 15) is 0 Å². The van der Waals surface area contributed by atoms with Crippen molar-refractivity contribution in [2.45, 2.75) is 13.8 Å². The normalized spacial score (nSPS) is 32.5. The van der Waals surface area contributed by atoms with Crippen molar-refractivity contribution in [3.8, 4) is 0 Å². The minimum Gasteiger partial charge on any atom is -0.347 e. The monoisotopic (exact) mass is 211 g/mol. The third-order valence-electron chi connectivity index (χ3n) is 3.39. The van der Waals surface area contributed by atoms with E-state index >= 15 is 0 Å². The number of nitrogens with zero attached hydrogens (tertiary/aromatic N) is 2. The van der Waals surface area contributed by atoms with E-state index in [1.165, 1.54) is 0 Å². The van der Waals surface area contributed by atoms with Crippen LogP contribution >= 0.6 is 11.3 Å². The number of hydrogen-bond acceptors (Lipinski definition) is 4. The molecule has 0 bridgehead atoms. The highest BCUT2D eigenvalue weighted by Crippen LogP contribution is 2.37. The predicted molar refractivity (Wildman–Crippen MR) is 60.7 cm³/mol. The Bertz CT molecular complexity index is 298. The van der Waals surface area contributed by atoms with E-state index in [0.717, 1.165) is 24.8 Å². The second-order valence-corrected chi connectivity index (χ2v) is 5.33. The molecule has 14 heavy (non-hydrogen) atoms. The fraction of sp³-hybridized carbons (Fsp3) is 0.700. The van der Waals surface area contributed by atoms with Crippen LogP contribution in [0.1, 0.15) is 13.8 Å². The molecule has 78 valence electrons. The van der Waals surface area contributed by atoms with E-state index in [4.69, 9.17) is 5.73 Å². The molecule has 3 nitrogen and oxygen atoms in total. The fourth-order valence-corrected chi connectivity index (χ4v) is 2.64. The summed E-state index contributed by atoms with van der Waals surface area (Å²) in [5.74, 6) is 0.649. The lowest BCUT2D eigenvalue weighted by Gasteiger charge is -2.25. The van der Waals surface area contributed by atoms with E-state index in [1.54, 1.807) is 11.3 Å². The zero-order valence-corrected chi connectivity index (χ0v) is 9.55. The van der Waals surface area contributed by atoms with Gasteiger partial charge >= 0.3 is 0 Å². The molecule has 2 heterocycles. The Kier molecular flexibility index (Phi) is 2.49. The zero-order chi connectivity index (χ0) is 10.2. The van der Waals surface area contributed by atoms with Crippen LogP contribution in [0.25, 0.3) is 0 Å². The first-order valence-electron chi connectivity index (χ1n) is 5.00. The smallest absolute Gasteiger partial charge is 0.185 e. The van der Waals surface area contributed by atoms with Gasteiger partial charge in [-0.15, -0.1) is 11.3 Å². The molecule has 1 aromatic heterocycles. The molecule has 0 aliphatic carbocycles. The van der Waals surface area contributed by atoms with Gasteiger partial charge in [0.25, 0.3) is 0 Å². The summed E-state index contributed by atoms with van der Waals surface area (Å²) in [6.07, 6.45) is 1.86. The van der Waals surface area contributed by atoms with Crippen molar-refractivity contribution in [1.29, 1.82) is 0 Å². The van der Waals surface area contributed by atoms with Crippen LogP contribution in [-0.2, 0) is 0 Å². The summed E-state index contributed by atoms with van der Waals surface area (Å²) in [6.45, 7) is 7.43. The number of anilines is 1. The van der Waals surface area contributed by atoms with Crippen LogP contribution < -0.4 is 10.6 Å². The SMILES string of the molecule is CC1CN(c2nccs2)CC1(C)CN. The van der Waals surface area contributed by atoms with Gasteiger partial charge in [0, 0.05) is 30.1 Å². The van der Waals surface area contributed by atoms with Gasteiger partial charge in [0.2, 0.25) is 0 Å². The Hall–Kier alpha value is -0.610. The highest BCUT2D eigenvalue weighted by molar-refractivity contribution is 7.13. The Morgan fingerprint density at radius 2 is 2.57 bits per heavy atom. The first-order valence-corrected chi connectivity index (χ1v) is 5.88. The predicted octanol–water partition coefficient (Wildman–Crippen LogP) is 1.56. The summed E-state index contributed by atoms with van der Waals surface area (Å²) in [7, 11) is 0. The average molecular weight is 211 g/mol. The number of hydrogen-bond donors (Lipinski definition) is 1. The molecule has 1 aliphatic rings. The van der Waals surface area contributed by atoms with Crippen LogP contribution in [-0.4, -0.2) is 24.6 Å². The zero-order valence-electron chi connectivity index (χ0n) is 8.73. The summed E-state index contributed by atoms with van der Waals surface area (Å²) >= 11 is 1.71. The van der Waals surface area contributed by atoms with Crippen LogP contribution in [0.3, 0.4) is 0 Å². The minimum atomic E-state index is 0.256. The van der Waals surface area contributed by atoms with Crippen molar-refractivity contribution in [2.24, 2.45) is 17.1 Å². The van der Waals surface area contributed by atoms with Gasteiger partial charge in [-0.1, -0.05) is 13.8 Å². The van der Waals surface area contributed by atoms with E-state index in [2.05, 4.69) is 23.7 Å². The maximum atomic E-state index is 5.83. The van der Waals surface area contributed by atoms with E-state index in [1.807, 2.05) is 11.6 Å². The molecule has 1 saturated heterocycles. The fourth-order valence-electron chi connectivity index (χ4n) is 1.99. The van der Waals surface area contributed by atoms with E-state index in [0.29, 0.717) is 5.92 Å². The van der Waals surface area contributed by atoms with Gasteiger partial charge in [-0.05, 0) is 12.5 Å². The molecule has 2 unspecified atom stereocenters. The van der Waals surface area contributed by atoms with Crippen molar-refractivity contribution in [3.63, 3.8) is 0 Å². The van der Waals surface area contributed by atoms with Gasteiger partial charge in [-0.3, -0.25) is 0 Å². The van der Waals surface area contributed by atoms with Crippen molar-refractivity contribution in [1.82, 2.24) is 4.98 Å². The van der Waals surface area contributed by atoms with Gasteiger partial charge in [0.05, 0.1) is 0 Å². The third kappa shape index (κ3) is 1.53. The molecule has 0 radical (unpaired) electrons. The highest BCUT2D eigenvalue weighted by Gasteiger charge is 2.39. The maximum absolute atomic E-state index is 5.83. The Balaban J connectivity index is 2.14. The molecule has 2 rings (SSSR count). The van der Waals surface area contributed by atoms with Crippen molar-refractivity contribution in [3.05, 3.63) is 11.6 Å². The minimum absolute atomic E-state index is 0.256. The molecule has 1 aliphatic heterocycles. The molecule has 2 atom stereocenters. The molecule has 0 aromatic carbocycles. The molecule has 0 spiro atoms. The summed E-state index contributed by atoms with van der Waals surface area (Å²) in [4.78, 5) is 6.69. The van der Waals surface area contributed by atoms with Crippen LogP contribution in [0.5, 0.6) is 0 Å². The topological polar surface area (TPSA) is 42.2 Å². The second-order valence-electron chi connectivity index (χ2n) is 4.45. The summed E-state index contributed by atoms with van der Waals surface area (Å²) in [5.41, 5.74) is 6.09. The molecule has 1 fully saturated rings. The molecule has 4 heteroatoms. The summed E-state index contributed by atoms with van der Waals surface area (Å²) in [6, 6.07) is 0. The molecule has 0 saturated carbocycles. The van der Waals surface area contributed by atoms with Crippen molar-refractivity contribution in [2.75, 3.05) is 24.5 Å². The third-order valence-corrected chi connectivity index (χ3v) is 4.22. The van der Waals surface area contributed by atoms with Gasteiger partial charge in [-0.25, -0.2) is 4.98 Å². The lowest BCUT2D eigenvalue weighted by Crippen LogP contribution is -2.34. The Labute approximate surface area is 88.9 Å². The van der Waals surface area contributed by atoms with Gasteiger partial charge in [0.1, 0.15) is 0 Å². The van der Waals surface area contributed by atoms with Crippen molar-refractivity contribution >= 4 is 16.5 Å². The largest absolute Gasteiger partial charge is 0.347 e. The first kappa shape index (κ1) is 9.93. The van der Waals surface area contributed by atoms with Gasteiger partial charge in [0.15, 0.2) is 5.13 Å². The summed E-state index contributed by atoms with van der Waals surface area (Å²) < 4.78 is 0. The van der Waals surface area contributed by atoms with Gasteiger partial charge in [-0.2, -0.15) is 0 Å². The maximum Gasteiger partial charge on any atom is 0.185 e. The van der Waals surface area contributed by atoms with Gasteiger partial charge < -0.3 is 10.6 Å². The highest BCUT2D eigenvalue weighted by atomic mass is 32.1. The van der Waals surface area contributed by atoms with Crippen LogP contribution in [0, 0.1) is 11.3 Å². The lowest BCUT2D eigenvalue weighted by atomic mass is 9.81. The molecule has 2 N–H and O–H groups in total. The standard InChI is InChI=1S/C10H17N3S/c1-8-5-13(7-10(8,2)6-11)9-12-3-4-14-9/h3-4,8H,5-7,11H2,1-2H3. The number of aromatic nitrogens is 1. The van der Waals surface area contributed by atoms with Crippen LogP contribution in [0.2, 0.25) is 0 Å². The quantitative estimate of drug-likeness (QED) is 0.807. The Morgan fingerprint density at radius 3 is 3.07 bits per heavy atom. The average Bonchev–Trinajstić information content (AvgIpc) is 2.76. The first-order chi connectivity index (χ1) is 6.65. The van der Waals surface area contributed by atoms with Crippen LogP contribution in [0.15, 0.2) is 11.6 Å². The summed E-state index contributed by atoms with van der Waals surface area (Å²) in [5, 5.41) is 3.16. The van der Waals surface area contributed by atoms with Crippen LogP contribution in [0.4, 0.5) is 5.13 Å². The number of nitrogens with two attached hydrogens (primary N) is 1. The molecule has 1 aromatic rings. The van der Waals surface area contributed by atoms with E-state index in [-0.39, 0.29) is 5.41 Å². The lowest BCUT2D eigenvalue weighted by molar-refractivity contribution is 0.287. The number of rotatable bonds is 2. The number of thiazole rings is 1. The molecular formula is C10H17N3S. The molecular weight excluding hydrogens is 194 g/mol. The molecule has 0 amide bonds. The van der Waals surface area contributed by atoms with Crippen molar-refractivity contribution < 1.29 is 0 Å².